The molecule has 1 aromatic rings. The fraction of sp³-hybridized carbons (Fsp3) is 0.300. The average molecular weight is 245 g/mol. The monoisotopic (exact) mass is 244 g/mol. The second-order valence-electron chi connectivity index (χ2n) is 3.05. The van der Waals surface area contributed by atoms with Crippen LogP contribution in [0.4, 0.5) is 4.79 Å². The quantitative estimate of drug-likeness (QED) is 0.766. The molecular weight excluding hydrogens is 236 g/mol. The molecule has 1 atom stereocenters. The largest absolute Gasteiger partial charge is 0.509 e. The number of rotatable bonds is 3. The molecule has 1 aliphatic rings. The second kappa shape index (κ2) is 4.77. The molecule has 1 aliphatic heterocycles. The van der Waals surface area contributed by atoms with Crippen molar-refractivity contribution in [1.82, 2.24) is 0 Å². The molecule has 1 saturated heterocycles. The summed E-state index contributed by atoms with van der Waals surface area (Å²) in [5.74, 6) is 0.776. The van der Waals surface area contributed by atoms with E-state index in [4.69, 9.17) is 16.3 Å². The summed E-state index contributed by atoms with van der Waals surface area (Å²) in [6.45, 7) is 0.330. The van der Waals surface area contributed by atoms with E-state index in [-0.39, 0.29) is 5.44 Å². The first-order valence-corrected chi connectivity index (χ1v) is 5.86. The van der Waals surface area contributed by atoms with Gasteiger partial charge in [-0.25, -0.2) is 4.79 Å². The number of hydrogen-bond acceptors (Lipinski definition) is 4. The molecule has 0 amide bonds. The summed E-state index contributed by atoms with van der Waals surface area (Å²) < 4.78 is 9.55. The topological polar surface area (TPSA) is 35.5 Å². The third-order valence-electron chi connectivity index (χ3n) is 1.91. The molecule has 0 bridgehead atoms. The van der Waals surface area contributed by atoms with Crippen LogP contribution in [-0.2, 0) is 15.2 Å². The van der Waals surface area contributed by atoms with E-state index in [0.29, 0.717) is 6.61 Å². The van der Waals surface area contributed by atoms with Gasteiger partial charge in [0.05, 0.1) is 0 Å². The van der Waals surface area contributed by atoms with Crippen molar-refractivity contribution in [1.29, 1.82) is 0 Å². The van der Waals surface area contributed by atoms with E-state index in [9.17, 15) is 4.79 Å². The van der Waals surface area contributed by atoms with E-state index in [0.717, 1.165) is 16.3 Å². The van der Waals surface area contributed by atoms with Gasteiger partial charge >= 0.3 is 6.16 Å². The summed E-state index contributed by atoms with van der Waals surface area (Å²) in [6.07, 6.45) is -0.580. The van der Waals surface area contributed by atoms with E-state index in [1.54, 1.807) is 0 Å². The molecule has 1 heterocycles. The van der Waals surface area contributed by atoms with Gasteiger partial charge in [0.25, 0.3) is 0 Å². The Bertz CT molecular complexity index is 352. The zero-order chi connectivity index (χ0) is 10.7. The second-order valence-corrected chi connectivity index (χ2v) is 4.63. The SMILES string of the molecule is O=C1OC[C@H](SCc2ccc(Cl)cc2)O1. The van der Waals surface area contributed by atoms with Crippen LogP contribution in [0.15, 0.2) is 24.3 Å². The smallest absolute Gasteiger partial charge is 0.429 e. The van der Waals surface area contributed by atoms with Gasteiger partial charge in [-0.2, -0.15) is 0 Å². The molecule has 0 saturated carbocycles. The van der Waals surface area contributed by atoms with Crippen LogP contribution in [0.25, 0.3) is 0 Å². The Kier molecular flexibility index (Phi) is 3.38. The molecule has 0 aromatic heterocycles. The zero-order valence-electron chi connectivity index (χ0n) is 7.81. The highest BCUT2D eigenvalue weighted by atomic mass is 35.5. The molecule has 0 unspecified atom stereocenters. The van der Waals surface area contributed by atoms with Gasteiger partial charge < -0.3 is 9.47 Å². The highest BCUT2D eigenvalue weighted by Crippen LogP contribution is 2.23. The lowest BCUT2D eigenvalue weighted by atomic mass is 10.2. The molecule has 1 fully saturated rings. The fourth-order valence-electron chi connectivity index (χ4n) is 1.16. The number of hydrogen-bond donors (Lipinski definition) is 0. The van der Waals surface area contributed by atoms with E-state index < -0.39 is 6.16 Å². The third-order valence-corrected chi connectivity index (χ3v) is 3.27. The van der Waals surface area contributed by atoms with Gasteiger partial charge in [-0.1, -0.05) is 23.7 Å². The Labute approximate surface area is 96.7 Å². The number of cyclic esters (lactones) is 2. The number of ether oxygens (including phenoxy) is 2. The van der Waals surface area contributed by atoms with Crippen molar-refractivity contribution >= 4 is 29.5 Å². The lowest BCUT2D eigenvalue weighted by molar-refractivity contribution is 0.129. The number of halogens is 1. The Hall–Kier alpha value is -0.870. The highest BCUT2D eigenvalue weighted by Gasteiger charge is 2.24. The molecule has 15 heavy (non-hydrogen) atoms. The fourth-order valence-corrected chi connectivity index (χ4v) is 2.17. The first-order chi connectivity index (χ1) is 7.24. The van der Waals surface area contributed by atoms with E-state index in [2.05, 4.69) is 4.74 Å². The first kappa shape index (κ1) is 10.6. The highest BCUT2D eigenvalue weighted by molar-refractivity contribution is 7.99. The Morgan fingerprint density at radius 2 is 2.13 bits per heavy atom. The molecule has 3 nitrogen and oxygen atoms in total. The van der Waals surface area contributed by atoms with E-state index in [1.165, 1.54) is 11.8 Å². The maximum atomic E-state index is 10.6. The molecule has 80 valence electrons. The molecular formula is C10H9ClO3S. The average Bonchev–Trinajstić information content (AvgIpc) is 2.64. The van der Waals surface area contributed by atoms with Gasteiger partial charge in [-0.15, -0.1) is 11.8 Å². The summed E-state index contributed by atoms with van der Waals surface area (Å²) >= 11 is 7.30. The minimum atomic E-state index is -0.580. The Morgan fingerprint density at radius 3 is 2.73 bits per heavy atom. The summed E-state index contributed by atoms with van der Waals surface area (Å²) in [4.78, 5) is 10.6. The van der Waals surface area contributed by atoms with E-state index in [1.807, 2.05) is 24.3 Å². The number of carbonyl (C=O) groups is 1. The van der Waals surface area contributed by atoms with Crippen LogP contribution >= 0.6 is 23.4 Å². The minimum absolute atomic E-state index is 0.187. The van der Waals surface area contributed by atoms with E-state index >= 15 is 0 Å². The molecule has 1 aromatic carbocycles. The third kappa shape index (κ3) is 3.04. The van der Waals surface area contributed by atoms with Crippen LogP contribution in [0.3, 0.4) is 0 Å². The van der Waals surface area contributed by atoms with Crippen LogP contribution in [0.5, 0.6) is 0 Å². The van der Waals surface area contributed by atoms with Crippen molar-refractivity contribution in [3.63, 3.8) is 0 Å². The molecule has 0 radical (unpaired) electrons. The Balaban J connectivity index is 1.83. The minimum Gasteiger partial charge on any atom is -0.429 e. The van der Waals surface area contributed by atoms with Gasteiger partial charge in [-0.05, 0) is 17.7 Å². The predicted octanol–water partition coefficient (Wildman–Crippen LogP) is 3.07. The van der Waals surface area contributed by atoms with Gasteiger partial charge in [0.2, 0.25) is 0 Å². The van der Waals surface area contributed by atoms with Crippen LogP contribution < -0.4 is 0 Å². The maximum absolute atomic E-state index is 10.6. The normalized spacial score (nSPS) is 19.8. The first-order valence-electron chi connectivity index (χ1n) is 4.43. The van der Waals surface area contributed by atoms with Crippen LogP contribution in [0.1, 0.15) is 5.56 Å². The predicted molar refractivity (Wildman–Crippen MR) is 59.0 cm³/mol. The van der Waals surface area contributed by atoms with Gasteiger partial charge in [0.15, 0.2) is 5.44 Å². The van der Waals surface area contributed by atoms with Crippen molar-refractivity contribution in [2.24, 2.45) is 0 Å². The van der Waals surface area contributed by atoms with Crippen molar-refractivity contribution in [3.8, 4) is 0 Å². The maximum Gasteiger partial charge on any atom is 0.509 e. The van der Waals surface area contributed by atoms with Crippen molar-refractivity contribution in [2.75, 3.05) is 6.61 Å². The number of thioether (sulfide) groups is 1. The number of benzene rings is 1. The molecule has 0 spiro atoms. The van der Waals surface area contributed by atoms with Crippen molar-refractivity contribution < 1.29 is 14.3 Å². The molecule has 2 rings (SSSR count). The van der Waals surface area contributed by atoms with Crippen LogP contribution in [0.2, 0.25) is 5.02 Å². The summed E-state index contributed by atoms with van der Waals surface area (Å²) in [7, 11) is 0. The number of carbonyl (C=O) groups excluding carboxylic acids is 1. The molecule has 5 heteroatoms. The van der Waals surface area contributed by atoms with Crippen molar-refractivity contribution in [3.05, 3.63) is 34.9 Å². The lowest BCUT2D eigenvalue weighted by Gasteiger charge is -2.05. The molecule has 0 N–H and O–H groups in total. The zero-order valence-corrected chi connectivity index (χ0v) is 9.38. The van der Waals surface area contributed by atoms with Crippen LogP contribution in [-0.4, -0.2) is 18.2 Å². The van der Waals surface area contributed by atoms with Gasteiger partial charge in [-0.3, -0.25) is 0 Å². The summed E-state index contributed by atoms with van der Waals surface area (Å²) in [5.41, 5.74) is 0.959. The summed E-state index contributed by atoms with van der Waals surface area (Å²) in [6, 6.07) is 7.59. The van der Waals surface area contributed by atoms with Crippen molar-refractivity contribution in [2.45, 2.75) is 11.2 Å². The summed E-state index contributed by atoms with van der Waals surface area (Å²) in [5, 5.41) is 0.722. The molecule has 0 aliphatic carbocycles. The lowest BCUT2D eigenvalue weighted by Crippen LogP contribution is -2.04. The standard InChI is InChI=1S/C10H9ClO3S/c11-8-3-1-7(2-4-8)6-15-9-5-13-10(12)14-9/h1-4,9H,5-6H2/t9-/m0/s1. The van der Waals surface area contributed by atoms with Gasteiger partial charge in [0, 0.05) is 10.8 Å². The van der Waals surface area contributed by atoms with Gasteiger partial charge in [0.1, 0.15) is 6.61 Å². The Morgan fingerprint density at radius 1 is 1.40 bits per heavy atom. The van der Waals surface area contributed by atoms with Crippen LogP contribution in [0, 0.1) is 0 Å².